The van der Waals surface area contributed by atoms with Gasteiger partial charge in [0.15, 0.2) is 6.29 Å². The molecule has 0 bridgehead atoms. The molecule has 0 saturated heterocycles. The van der Waals surface area contributed by atoms with Gasteiger partial charge >= 0.3 is 0 Å². The van der Waals surface area contributed by atoms with E-state index >= 15 is 0 Å². The first-order valence-electron chi connectivity index (χ1n) is 4.37. The molecule has 0 atom stereocenters. The van der Waals surface area contributed by atoms with E-state index < -0.39 is 0 Å². The Morgan fingerprint density at radius 1 is 1.50 bits per heavy atom. The van der Waals surface area contributed by atoms with Gasteiger partial charge in [-0.2, -0.15) is 0 Å². The maximum atomic E-state index is 10.8. The largest absolute Gasteiger partial charge is 0.496 e. The molecule has 0 amide bonds. The molecule has 0 saturated carbocycles. The van der Waals surface area contributed by atoms with Gasteiger partial charge in [-0.1, -0.05) is 5.46 Å². The van der Waals surface area contributed by atoms with Crippen LogP contribution < -0.4 is 10.2 Å². The summed E-state index contributed by atoms with van der Waals surface area (Å²) in [6.45, 7) is 0. The molecule has 0 radical (unpaired) electrons. The third-order valence-electron chi connectivity index (χ3n) is 2.27. The fourth-order valence-electron chi connectivity index (χ4n) is 1.65. The van der Waals surface area contributed by atoms with Gasteiger partial charge in [0.1, 0.15) is 13.6 Å². The predicted molar refractivity (Wildman–Crippen MR) is 58.4 cm³/mol. The van der Waals surface area contributed by atoms with Gasteiger partial charge in [-0.3, -0.25) is 4.79 Å². The number of H-pyrrole nitrogens is 1. The smallest absolute Gasteiger partial charge is 0.152 e. The van der Waals surface area contributed by atoms with Crippen LogP contribution in [0.5, 0.6) is 5.75 Å². The van der Waals surface area contributed by atoms with Crippen LogP contribution in [0.15, 0.2) is 18.3 Å². The molecule has 2 aromatic rings. The Bertz CT molecular complexity index is 490. The molecule has 1 aromatic heterocycles. The number of carbonyl (C=O) groups excluding carboxylic acids is 1. The number of nitrogens with one attached hydrogen (secondary N) is 1. The van der Waals surface area contributed by atoms with Crippen LogP contribution in [0.4, 0.5) is 0 Å². The summed E-state index contributed by atoms with van der Waals surface area (Å²) in [5.41, 5.74) is 2.68. The van der Waals surface area contributed by atoms with Gasteiger partial charge in [-0.15, -0.1) is 0 Å². The number of ether oxygens (including phenoxy) is 1. The summed E-state index contributed by atoms with van der Waals surface area (Å²) in [5.74, 6) is 0.739. The quantitative estimate of drug-likeness (QED) is 0.540. The van der Waals surface area contributed by atoms with Crippen molar-refractivity contribution in [1.82, 2.24) is 4.98 Å². The zero-order valence-corrected chi connectivity index (χ0v) is 8.13. The van der Waals surface area contributed by atoms with E-state index in [1.54, 1.807) is 13.3 Å². The lowest BCUT2D eigenvalue weighted by molar-refractivity contribution is 0.112. The van der Waals surface area contributed by atoms with Gasteiger partial charge in [0.05, 0.1) is 12.5 Å². The first-order valence-corrected chi connectivity index (χ1v) is 4.37. The van der Waals surface area contributed by atoms with E-state index in [0.717, 1.165) is 28.4 Å². The van der Waals surface area contributed by atoms with E-state index in [4.69, 9.17) is 4.74 Å². The van der Waals surface area contributed by atoms with Gasteiger partial charge in [0.25, 0.3) is 0 Å². The lowest BCUT2D eigenvalue weighted by Crippen LogP contribution is -2.02. The highest BCUT2D eigenvalue weighted by molar-refractivity contribution is 6.33. The van der Waals surface area contributed by atoms with Crippen LogP contribution in [0.25, 0.3) is 10.9 Å². The maximum Gasteiger partial charge on any atom is 0.152 e. The van der Waals surface area contributed by atoms with Crippen molar-refractivity contribution in [2.45, 2.75) is 0 Å². The molecule has 0 spiro atoms. The summed E-state index contributed by atoms with van der Waals surface area (Å²) in [6.07, 6.45) is 2.52. The zero-order chi connectivity index (χ0) is 10.1. The average molecular weight is 187 g/mol. The van der Waals surface area contributed by atoms with E-state index in [2.05, 4.69) is 4.98 Å². The van der Waals surface area contributed by atoms with Crippen molar-refractivity contribution in [3.05, 3.63) is 23.9 Å². The molecule has 14 heavy (non-hydrogen) atoms. The summed E-state index contributed by atoms with van der Waals surface area (Å²) >= 11 is 0. The minimum absolute atomic E-state index is 0.636. The molecule has 1 aromatic carbocycles. The standard InChI is InChI=1S/C10H10BNO2/c1-14-9-3-7(11)2-8-10(9)6(5-13)4-12-8/h2-5,12H,11H2,1H3. The highest BCUT2D eigenvalue weighted by Gasteiger charge is 2.08. The molecular weight excluding hydrogens is 177 g/mol. The third-order valence-corrected chi connectivity index (χ3v) is 2.27. The minimum atomic E-state index is 0.636. The van der Waals surface area contributed by atoms with Crippen molar-refractivity contribution in [3.63, 3.8) is 0 Å². The maximum absolute atomic E-state index is 10.8. The van der Waals surface area contributed by atoms with Gasteiger partial charge in [0.2, 0.25) is 0 Å². The number of aromatic amines is 1. The number of methoxy groups -OCH3 is 1. The number of carbonyl (C=O) groups is 1. The Labute approximate surface area is 82.5 Å². The molecule has 0 aliphatic heterocycles. The highest BCUT2D eigenvalue weighted by atomic mass is 16.5. The number of hydrogen-bond donors (Lipinski definition) is 1. The van der Waals surface area contributed by atoms with Crippen LogP contribution in [0.2, 0.25) is 0 Å². The Kier molecular flexibility index (Phi) is 2.04. The highest BCUT2D eigenvalue weighted by Crippen LogP contribution is 2.26. The van der Waals surface area contributed by atoms with E-state index in [9.17, 15) is 4.79 Å². The second-order valence-electron chi connectivity index (χ2n) is 3.25. The van der Waals surface area contributed by atoms with Gasteiger partial charge in [-0.25, -0.2) is 0 Å². The number of benzene rings is 1. The monoisotopic (exact) mass is 187 g/mol. The van der Waals surface area contributed by atoms with Crippen molar-refractivity contribution in [3.8, 4) is 5.75 Å². The summed E-state index contributed by atoms with van der Waals surface area (Å²) in [5, 5.41) is 0.855. The van der Waals surface area contributed by atoms with Gasteiger partial charge in [0, 0.05) is 17.3 Å². The third kappa shape index (κ3) is 1.19. The van der Waals surface area contributed by atoms with Crippen molar-refractivity contribution < 1.29 is 9.53 Å². The van der Waals surface area contributed by atoms with Crippen molar-refractivity contribution >= 4 is 30.5 Å². The normalized spacial score (nSPS) is 10.4. The van der Waals surface area contributed by atoms with Crippen LogP contribution in [0, 0.1) is 0 Å². The summed E-state index contributed by atoms with van der Waals surface area (Å²) in [6, 6.07) is 3.91. The molecule has 1 N–H and O–H groups in total. The predicted octanol–water partition coefficient (Wildman–Crippen LogP) is 0.247. The number of rotatable bonds is 2. The number of hydrogen-bond acceptors (Lipinski definition) is 2. The molecule has 2 rings (SSSR count). The van der Waals surface area contributed by atoms with Crippen molar-refractivity contribution in [2.75, 3.05) is 7.11 Å². The molecule has 3 nitrogen and oxygen atoms in total. The van der Waals surface area contributed by atoms with Crippen LogP contribution in [0.3, 0.4) is 0 Å². The van der Waals surface area contributed by atoms with Crippen LogP contribution in [0.1, 0.15) is 10.4 Å². The Balaban J connectivity index is 2.85. The second-order valence-corrected chi connectivity index (χ2v) is 3.25. The molecular formula is C10H10BNO2. The van der Waals surface area contributed by atoms with Crippen molar-refractivity contribution in [1.29, 1.82) is 0 Å². The molecule has 0 fully saturated rings. The first-order chi connectivity index (χ1) is 6.76. The lowest BCUT2D eigenvalue weighted by atomic mass is 9.94. The molecule has 1 heterocycles. The van der Waals surface area contributed by atoms with E-state index in [-0.39, 0.29) is 0 Å². The summed E-state index contributed by atoms with van der Waals surface area (Å²) < 4.78 is 5.23. The number of aldehydes is 1. The topological polar surface area (TPSA) is 42.1 Å². The average Bonchev–Trinajstić information content (AvgIpc) is 2.59. The van der Waals surface area contributed by atoms with Gasteiger partial charge in [-0.05, 0) is 12.1 Å². The second kappa shape index (κ2) is 3.22. The number of aromatic nitrogens is 1. The summed E-state index contributed by atoms with van der Waals surface area (Å²) in [7, 11) is 3.60. The minimum Gasteiger partial charge on any atom is -0.496 e. The van der Waals surface area contributed by atoms with E-state index in [1.807, 2.05) is 20.0 Å². The molecule has 4 heteroatoms. The molecule has 0 aliphatic rings. The molecule has 0 unspecified atom stereocenters. The number of fused-ring (bicyclic) bond motifs is 1. The Hall–Kier alpha value is -1.71. The van der Waals surface area contributed by atoms with Crippen LogP contribution in [-0.4, -0.2) is 26.2 Å². The zero-order valence-electron chi connectivity index (χ0n) is 8.13. The van der Waals surface area contributed by atoms with E-state index in [0.29, 0.717) is 5.56 Å². The fourth-order valence-corrected chi connectivity index (χ4v) is 1.65. The van der Waals surface area contributed by atoms with Gasteiger partial charge < -0.3 is 9.72 Å². The Morgan fingerprint density at radius 3 is 2.93 bits per heavy atom. The SMILES string of the molecule is Bc1cc(OC)c2c(C=O)c[nH]c2c1. The molecule has 0 aliphatic carbocycles. The lowest BCUT2D eigenvalue weighted by Gasteiger charge is -2.03. The van der Waals surface area contributed by atoms with Crippen LogP contribution >= 0.6 is 0 Å². The van der Waals surface area contributed by atoms with Crippen LogP contribution in [-0.2, 0) is 0 Å². The Morgan fingerprint density at radius 2 is 2.29 bits per heavy atom. The summed E-state index contributed by atoms with van der Waals surface area (Å²) in [4.78, 5) is 13.8. The van der Waals surface area contributed by atoms with Crippen molar-refractivity contribution in [2.24, 2.45) is 0 Å². The molecule has 70 valence electrons. The van der Waals surface area contributed by atoms with E-state index in [1.165, 1.54) is 0 Å². The first kappa shape index (κ1) is 8.87. The fraction of sp³-hybridized carbons (Fsp3) is 0.100.